The standard InChI is InChI=1S/C15H24N2O2S/c1-3-12-16-14-10-6-7-11-15(14)20(18,19)17(2)13-8-4-5-9-13/h6-7,10-11,13,16H,3-5,8-9,12H2,1-2H3. The lowest BCUT2D eigenvalue weighted by atomic mass is 10.3. The van der Waals surface area contributed by atoms with E-state index in [2.05, 4.69) is 12.2 Å². The van der Waals surface area contributed by atoms with Gasteiger partial charge in [-0.25, -0.2) is 8.42 Å². The van der Waals surface area contributed by atoms with Crippen molar-refractivity contribution in [1.82, 2.24) is 4.31 Å². The van der Waals surface area contributed by atoms with Crippen LogP contribution in [0.25, 0.3) is 0 Å². The zero-order chi connectivity index (χ0) is 14.6. The fourth-order valence-electron chi connectivity index (χ4n) is 2.72. The summed E-state index contributed by atoms with van der Waals surface area (Å²) in [5, 5.41) is 3.21. The lowest BCUT2D eigenvalue weighted by Gasteiger charge is -2.25. The van der Waals surface area contributed by atoms with Crippen molar-refractivity contribution >= 4 is 15.7 Å². The third-order valence-electron chi connectivity index (χ3n) is 3.95. The van der Waals surface area contributed by atoms with Crippen molar-refractivity contribution in [2.75, 3.05) is 18.9 Å². The lowest BCUT2D eigenvalue weighted by molar-refractivity contribution is 0.373. The van der Waals surface area contributed by atoms with E-state index in [1.54, 1.807) is 23.5 Å². The molecular formula is C15H24N2O2S. The summed E-state index contributed by atoms with van der Waals surface area (Å²) >= 11 is 0. The molecule has 4 nitrogen and oxygen atoms in total. The van der Waals surface area contributed by atoms with E-state index in [-0.39, 0.29) is 6.04 Å². The number of para-hydroxylation sites is 1. The number of anilines is 1. The minimum absolute atomic E-state index is 0.152. The van der Waals surface area contributed by atoms with Gasteiger partial charge in [0.25, 0.3) is 0 Å². The first-order chi connectivity index (χ1) is 9.57. The Kier molecular flexibility index (Phi) is 5.05. The molecule has 1 N–H and O–H groups in total. The van der Waals surface area contributed by atoms with Crippen LogP contribution >= 0.6 is 0 Å². The van der Waals surface area contributed by atoms with Crippen molar-refractivity contribution in [1.29, 1.82) is 0 Å². The Morgan fingerprint density at radius 1 is 1.25 bits per heavy atom. The van der Waals surface area contributed by atoms with Gasteiger partial charge >= 0.3 is 0 Å². The van der Waals surface area contributed by atoms with Crippen molar-refractivity contribution < 1.29 is 8.42 Å². The van der Waals surface area contributed by atoms with E-state index in [4.69, 9.17) is 0 Å². The normalized spacial score (nSPS) is 16.8. The zero-order valence-corrected chi connectivity index (χ0v) is 13.1. The molecule has 0 amide bonds. The maximum atomic E-state index is 12.8. The van der Waals surface area contributed by atoms with Gasteiger partial charge in [-0.05, 0) is 31.4 Å². The molecule has 1 aromatic rings. The number of nitrogens with zero attached hydrogens (tertiary/aromatic N) is 1. The van der Waals surface area contributed by atoms with Gasteiger partial charge in [0.05, 0.1) is 5.69 Å². The lowest BCUT2D eigenvalue weighted by Crippen LogP contribution is -2.35. The van der Waals surface area contributed by atoms with Crippen molar-refractivity contribution in [2.24, 2.45) is 0 Å². The number of rotatable bonds is 6. The van der Waals surface area contributed by atoms with E-state index in [1.807, 2.05) is 12.1 Å². The molecular weight excluding hydrogens is 272 g/mol. The second-order valence-corrected chi connectivity index (χ2v) is 7.35. The topological polar surface area (TPSA) is 49.4 Å². The van der Waals surface area contributed by atoms with Crippen LogP contribution in [0.2, 0.25) is 0 Å². The summed E-state index contributed by atoms with van der Waals surface area (Å²) in [6.45, 7) is 2.84. The minimum atomic E-state index is -3.41. The quantitative estimate of drug-likeness (QED) is 0.877. The van der Waals surface area contributed by atoms with Crippen LogP contribution in [-0.2, 0) is 10.0 Å². The summed E-state index contributed by atoms with van der Waals surface area (Å²) in [5.74, 6) is 0. The fraction of sp³-hybridized carbons (Fsp3) is 0.600. The summed E-state index contributed by atoms with van der Waals surface area (Å²) < 4.78 is 27.1. The highest BCUT2D eigenvalue weighted by atomic mass is 32.2. The second kappa shape index (κ2) is 6.59. The van der Waals surface area contributed by atoms with Crippen molar-refractivity contribution in [3.05, 3.63) is 24.3 Å². The molecule has 0 heterocycles. The van der Waals surface area contributed by atoms with Crippen LogP contribution in [0, 0.1) is 0 Å². The Morgan fingerprint density at radius 3 is 2.55 bits per heavy atom. The van der Waals surface area contributed by atoms with Crippen LogP contribution < -0.4 is 5.32 Å². The molecule has 0 bridgehead atoms. The zero-order valence-electron chi connectivity index (χ0n) is 12.3. The highest BCUT2D eigenvalue weighted by Crippen LogP contribution is 2.30. The molecule has 1 fully saturated rings. The Labute approximate surface area is 122 Å². The largest absolute Gasteiger partial charge is 0.384 e. The molecule has 2 rings (SSSR count). The van der Waals surface area contributed by atoms with Crippen LogP contribution in [0.15, 0.2) is 29.2 Å². The van der Waals surface area contributed by atoms with Crippen LogP contribution in [0.5, 0.6) is 0 Å². The molecule has 1 aliphatic rings. The molecule has 112 valence electrons. The Bertz CT molecular complexity index is 537. The molecule has 0 atom stereocenters. The van der Waals surface area contributed by atoms with Crippen LogP contribution in [0.1, 0.15) is 39.0 Å². The maximum absolute atomic E-state index is 12.8. The molecule has 1 saturated carbocycles. The molecule has 0 unspecified atom stereocenters. The minimum Gasteiger partial charge on any atom is -0.384 e. The Hall–Kier alpha value is -1.07. The van der Waals surface area contributed by atoms with Crippen LogP contribution in [-0.4, -0.2) is 32.4 Å². The van der Waals surface area contributed by atoms with Gasteiger partial charge < -0.3 is 5.32 Å². The van der Waals surface area contributed by atoms with E-state index >= 15 is 0 Å². The van der Waals surface area contributed by atoms with Crippen LogP contribution in [0.3, 0.4) is 0 Å². The summed E-state index contributed by atoms with van der Waals surface area (Å²) in [5.41, 5.74) is 0.708. The molecule has 1 aromatic carbocycles. The van der Waals surface area contributed by atoms with Gasteiger partial charge in [-0.3, -0.25) is 0 Å². The number of benzene rings is 1. The summed E-state index contributed by atoms with van der Waals surface area (Å²) in [4.78, 5) is 0.392. The predicted molar refractivity (Wildman–Crippen MR) is 82.4 cm³/mol. The fourth-order valence-corrected chi connectivity index (χ4v) is 4.30. The monoisotopic (exact) mass is 296 g/mol. The summed E-state index contributed by atoms with van der Waals surface area (Å²) in [7, 11) is -1.70. The number of hydrogen-bond acceptors (Lipinski definition) is 3. The van der Waals surface area contributed by atoms with Gasteiger partial charge in [0.15, 0.2) is 0 Å². The highest BCUT2D eigenvalue weighted by molar-refractivity contribution is 7.89. The molecule has 0 radical (unpaired) electrons. The molecule has 0 aliphatic heterocycles. The molecule has 0 spiro atoms. The van der Waals surface area contributed by atoms with E-state index in [0.29, 0.717) is 10.6 Å². The Morgan fingerprint density at radius 2 is 1.90 bits per heavy atom. The van der Waals surface area contributed by atoms with Gasteiger partial charge in [-0.15, -0.1) is 0 Å². The summed E-state index contributed by atoms with van der Waals surface area (Å²) in [6.07, 6.45) is 5.16. The molecule has 0 saturated heterocycles. The van der Waals surface area contributed by atoms with Crippen molar-refractivity contribution in [2.45, 2.75) is 50.0 Å². The third-order valence-corrected chi connectivity index (χ3v) is 5.92. The van der Waals surface area contributed by atoms with Crippen LogP contribution in [0.4, 0.5) is 5.69 Å². The third kappa shape index (κ3) is 3.15. The van der Waals surface area contributed by atoms with Crippen molar-refractivity contribution in [3.63, 3.8) is 0 Å². The number of sulfonamides is 1. The maximum Gasteiger partial charge on any atom is 0.245 e. The first kappa shape index (κ1) is 15.3. The Balaban J connectivity index is 2.28. The first-order valence-electron chi connectivity index (χ1n) is 7.38. The van der Waals surface area contributed by atoms with E-state index in [1.165, 1.54) is 0 Å². The van der Waals surface area contributed by atoms with Crippen molar-refractivity contribution in [3.8, 4) is 0 Å². The van der Waals surface area contributed by atoms with Gasteiger partial charge in [-0.2, -0.15) is 4.31 Å². The molecule has 1 aliphatic carbocycles. The molecule has 5 heteroatoms. The predicted octanol–water partition coefficient (Wildman–Crippen LogP) is 3.07. The van der Waals surface area contributed by atoms with E-state index < -0.39 is 10.0 Å². The molecule has 0 aromatic heterocycles. The highest BCUT2D eigenvalue weighted by Gasteiger charge is 2.31. The van der Waals surface area contributed by atoms with E-state index in [9.17, 15) is 8.42 Å². The SMILES string of the molecule is CCCNc1ccccc1S(=O)(=O)N(C)C1CCCC1. The van der Waals surface area contributed by atoms with Gasteiger partial charge in [0.1, 0.15) is 4.90 Å². The average Bonchev–Trinajstić information content (AvgIpc) is 2.98. The van der Waals surface area contributed by atoms with E-state index in [0.717, 1.165) is 38.6 Å². The number of hydrogen-bond donors (Lipinski definition) is 1. The van der Waals surface area contributed by atoms with Gasteiger partial charge in [-0.1, -0.05) is 31.9 Å². The first-order valence-corrected chi connectivity index (χ1v) is 8.82. The smallest absolute Gasteiger partial charge is 0.245 e. The summed E-state index contributed by atoms with van der Waals surface area (Å²) in [6, 6.07) is 7.34. The van der Waals surface area contributed by atoms with Gasteiger partial charge in [0, 0.05) is 19.6 Å². The van der Waals surface area contributed by atoms with Gasteiger partial charge in [0.2, 0.25) is 10.0 Å². The molecule has 20 heavy (non-hydrogen) atoms. The number of nitrogens with one attached hydrogen (secondary N) is 1. The average molecular weight is 296 g/mol. The second-order valence-electron chi connectivity index (χ2n) is 5.38.